The molecule has 0 radical (unpaired) electrons. The number of methoxy groups -OCH3 is 1. The minimum atomic E-state index is -5.00. The molecule has 1 aromatic heterocycles. The smallest absolute Gasteiger partial charge is 0.453 e. The number of para-hydroxylation sites is 2. The first-order valence-corrected chi connectivity index (χ1v) is 10.6. The van der Waals surface area contributed by atoms with E-state index in [0.717, 1.165) is 11.6 Å². The van der Waals surface area contributed by atoms with Gasteiger partial charge in [-0.1, -0.05) is 29.8 Å². The summed E-state index contributed by atoms with van der Waals surface area (Å²) in [6, 6.07) is 16.6. The highest BCUT2D eigenvalue weighted by atomic mass is 19.4. The third-order valence-corrected chi connectivity index (χ3v) is 5.07. The van der Waals surface area contributed by atoms with Crippen LogP contribution in [0, 0.1) is 6.92 Å². The Morgan fingerprint density at radius 1 is 1.00 bits per heavy atom. The SMILES string of the molecule is COc1ccccc1NC(=O)COc1ccc2c(=O)c(Oc3ccc(C)cc3)c(C(F)(F)F)oc2c1. The number of ether oxygens (including phenoxy) is 3. The first kappa shape index (κ1) is 24.6. The predicted molar refractivity (Wildman–Crippen MR) is 126 cm³/mol. The number of carbonyl (C=O) groups is 1. The number of halogens is 3. The van der Waals surface area contributed by atoms with Crippen molar-refractivity contribution in [2.45, 2.75) is 13.1 Å². The van der Waals surface area contributed by atoms with Crippen molar-refractivity contribution in [2.24, 2.45) is 0 Å². The molecular formula is C26H20F3NO6. The zero-order valence-electron chi connectivity index (χ0n) is 19.1. The van der Waals surface area contributed by atoms with Crippen LogP contribution < -0.4 is 25.0 Å². The largest absolute Gasteiger partial charge is 0.495 e. The highest BCUT2D eigenvalue weighted by molar-refractivity contribution is 5.93. The lowest BCUT2D eigenvalue weighted by molar-refractivity contribution is -0.154. The first-order valence-electron chi connectivity index (χ1n) is 10.6. The van der Waals surface area contributed by atoms with Gasteiger partial charge in [0.25, 0.3) is 11.7 Å². The van der Waals surface area contributed by atoms with Gasteiger partial charge in [-0.2, -0.15) is 13.2 Å². The highest BCUT2D eigenvalue weighted by Crippen LogP contribution is 2.38. The van der Waals surface area contributed by atoms with Gasteiger partial charge in [0, 0.05) is 6.07 Å². The molecule has 186 valence electrons. The van der Waals surface area contributed by atoms with Crippen molar-refractivity contribution in [1.29, 1.82) is 0 Å². The van der Waals surface area contributed by atoms with Crippen LogP contribution in [-0.2, 0) is 11.0 Å². The summed E-state index contributed by atoms with van der Waals surface area (Å²) >= 11 is 0. The van der Waals surface area contributed by atoms with Crippen molar-refractivity contribution in [3.63, 3.8) is 0 Å². The number of anilines is 1. The minimum absolute atomic E-state index is 0.0288. The molecule has 0 spiro atoms. The standard InChI is InChI=1S/C26H20F3NO6/c1-15-7-9-16(10-8-15)35-24-23(32)18-12-11-17(13-21(18)36-25(24)26(27,28)29)34-14-22(31)30-19-5-3-4-6-20(19)33-2/h3-13H,14H2,1-2H3,(H,30,31). The van der Waals surface area contributed by atoms with Gasteiger partial charge in [0.2, 0.25) is 11.2 Å². The van der Waals surface area contributed by atoms with E-state index in [9.17, 15) is 22.8 Å². The Balaban J connectivity index is 1.59. The number of rotatable bonds is 7. The van der Waals surface area contributed by atoms with Crippen molar-refractivity contribution < 1.29 is 36.6 Å². The number of fused-ring (bicyclic) bond motifs is 1. The molecule has 3 aromatic carbocycles. The Labute approximate surface area is 203 Å². The molecule has 0 aliphatic carbocycles. The maximum Gasteiger partial charge on any atom is 0.453 e. The molecule has 10 heteroatoms. The van der Waals surface area contributed by atoms with Crippen LogP contribution in [0.4, 0.5) is 18.9 Å². The second-order valence-corrected chi connectivity index (χ2v) is 7.70. The molecule has 1 amide bonds. The summed E-state index contributed by atoms with van der Waals surface area (Å²) in [6.45, 7) is 1.35. The van der Waals surface area contributed by atoms with Crippen molar-refractivity contribution in [2.75, 3.05) is 19.0 Å². The van der Waals surface area contributed by atoms with Crippen molar-refractivity contribution in [1.82, 2.24) is 0 Å². The fourth-order valence-corrected chi connectivity index (χ4v) is 3.33. The fraction of sp³-hybridized carbons (Fsp3) is 0.154. The van der Waals surface area contributed by atoms with Gasteiger partial charge in [-0.15, -0.1) is 0 Å². The van der Waals surface area contributed by atoms with Crippen molar-refractivity contribution in [3.8, 4) is 23.0 Å². The molecule has 0 aliphatic heterocycles. The summed E-state index contributed by atoms with van der Waals surface area (Å²) in [5, 5.41) is 2.47. The lowest BCUT2D eigenvalue weighted by Crippen LogP contribution is -2.20. The predicted octanol–water partition coefficient (Wildman–Crippen LogP) is 5.94. The van der Waals surface area contributed by atoms with E-state index in [2.05, 4.69) is 5.32 Å². The topological polar surface area (TPSA) is 87.0 Å². The molecule has 1 heterocycles. The summed E-state index contributed by atoms with van der Waals surface area (Å²) in [5.41, 5.74) is -0.0714. The van der Waals surface area contributed by atoms with Crippen LogP contribution >= 0.6 is 0 Å². The highest BCUT2D eigenvalue weighted by Gasteiger charge is 2.40. The van der Waals surface area contributed by atoms with Crippen molar-refractivity contribution in [3.05, 3.63) is 88.3 Å². The van der Waals surface area contributed by atoms with E-state index in [4.69, 9.17) is 18.6 Å². The molecular weight excluding hydrogens is 479 g/mol. The van der Waals surface area contributed by atoms with Crippen LogP contribution in [-0.4, -0.2) is 19.6 Å². The monoisotopic (exact) mass is 499 g/mol. The van der Waals surface area contributed by atoms with E-state index in [0.29, 0.717) is 11.4 Å². The van der Waals surface area contributed by atoms with E-state index in [1.54, 1.807) is 43.3 Å². The molecule has 0 fully saturated rings. The summed E-state index contributed by atoms with van der Waals surface area (Å²) in [7, 11) is 1.46. The Kier molecular flexibility index (Phi) is 6.86. The fourth-order valence-electron chi connectivity index (χ4n) is 3.33. The van der Waals surface area contributed by atoms with E-state index >= 15 is 0 Å². The lowest BCUT2D eigenvalue weighted by atomic mass is 10.2. The molecule has 7 nitrogen and oxygen atoms in total. The number of alkyl halides is 3. The van der Waals surface area contributed by atoms with Crippen LogP contribution in [0.15, 0.2) is 75.9 Å². The second-order valence-electron chi connectivity index (χ2n) is 7.70. The van der Waals surface area contributed by atoms with E-state index in [-0.39, 0.29) is 22.5 Å². The summed E-state index contributed by atoms with van der Waals surface area (Å²) in [4.78, 5) is 25.2. The lowest BCUT2D eigenvalue weighted by Gasteiger charge is -2.14. The number of carbonyl (C=O) groups excluding carboxylic acids is 1. The van der Waals surface area contributed by atoms with Crippen LogP contribution in [0.25, 0.3) is 11.0 Å². The van der Waals surface area contributed by atoms with Gasteiger partial charge >= 0.3 is 6.18 Å². The Hall–Kier alpha value is -4.47. The quantitative estimate of drug-likeness (QED) is 0.339. The number of hydrogen-bond donors (Lipinski definition) is 1. The van der Waals surface area contributed by atoms with E-state index in [1.165, 1.54) is 31.4 Å². The van der Waals surface area contributed by atoms with Gasteiger partial charge in [0.05, 0.1) is 18.2 Å². The third kappa shape index (κ3) is 5.43. The third-order valence-electron chi connectivity index (χ3n) is 5.07. The van der Waals surface area contributed by atoms with Crippen LogP contribution in [0.2, 0.25) is 0 Å². The van der Waals surface area contributed by atoms with Gasteiger partial charge in [-0.05, 0) is 43.3 Å². The maximum absolute atomic E-state index is 13.7. The Bertz CT molecular complexity index is 1460. The second kappa shape index (κ2) is 10.0. The Morgan fingerprint density at radius 2 is 1.69 bits per heavy atom. The summed E-state index contributed by atoms with van der Waals surface area (Å²) in [6.07, 6.45) is -5.00. The number of amides is 1. The number of nitrogens with one attached hydrogen (secondary N) is 1. The number of aryl methyl sites for hydroxylation is 1. The van der Waals surface area contributed by atoms with Crippen LogP contribution in [0.5, 0.6) is 23.0 Å². The van der Waals surface area contributed by atoms with Crippen LogP contribution in [0.1, 0.15) is 11.3 Å². The number of benzene rings is 3. The van der Waals surface area contributed by atoms with Crippen molar-refractivity contribution >= 4 is 22.6 Å². The van der Waals surface area contributed by atoms with Gasteiger partial charge in [-0.3, -0.25) is 9.59 Å². The Morgan fingerprint density at radius 3 is 2.39 bits per heavy atom. The summed E-state index contributed by atoms with van der Waals surface area (Å²) < 4.78 is 62.1. The average molecular weight is 499 g/mol. The molecule has 0 aliphatic rings. The minimum Gasteiger partial charge on any atom is -0.495 e. The molecule has 0 unspecified atom stereocenters. The van der Waals surface area contributed by atoms with Gasteiger partial charge in [0.15, 0.2) is 6.61 Å². The van der Waals surface area contributed by atoms with E-state index in [1.807, 2.05) is 0 Å². The zero-order chi connectivity index (χ0) is 25.9. The number of hydrogen-bond acceptors (Lipinski definition) is 6. The molecule has 1 N–H and O–H groups in total. The summed E-state index contributed by atoms with van der Waals surface area (Å²) in [5.74, 6) is -2.55. The van der Waals surface area contributed by atoms with Gasteiger partial charge in [0.1, 0.15) is 22.8 Å². The molecule has 4 rings (SSSR count). The molecule has 0 atom stereocenters. The van der Waals surface area contributed by atoms with E-state index < -0.39 is 35.6 Å². The first-order chi connectivity index (χ1) is 17.2. The van der Waals surface area contributed by atoms with Gasteiger partial charge < -0.3 is 23.9 Å². The molecule has 36 heavy (non-hydrogen) atoms. The molecule has 0 saturated heterocycles. The molecule has 0 saturated carbocycles. The van der Waals surface area contributed by atoms with Crippen LogP contribution in [0.3, 0.4) is 0 Å². The van der Waals surface area contributed by atoms with Gasteiger partial charge in [-0.25, -0.2) is 0 Å². The normalized spacial score (nSPS) is 11.2. The zero-order valence-corrected chi connectivity index (χ0v) is 19.1. The maximum atomic E-state index is 13.7. The molecule has 4 aromatic rings. The molecule has 0 bridgehead atoms. The average Bonchev–Trinajstić information content (AvgIpc) is 2.85.